The van der Waals surface area contributed by atoms with Crippen molar-refractivity contribution in [2.75, 3.05) is 13.1 Å². The van der Waals surface area contributed by atoms with E-state index in [1.807, 2.05) is 12.1 Å². The molecule has 1 fully saturated rings. The van der Waals surface area contributed by atoms with Crippen molar-refractivity contribution in [2.24, 2.45) is 5.92 Å². The van der Waals surface area contributed by atoms with Gasteiger partial charge < -0.3 is 5.32 Å². The maximum absolute atomic E-state index is 6.37. The Kier molecular flexibility index (Phi) is 5.59. The van der Waals surface area contributed by atoms with Crippen LogP contribution in [0.1, 0.15) is 39.7 Å². The molecule has 0 amide bonds. The topological polar surface area (TPSA) is 15.3 Å². The maximum atomic E-state index is 6.37. The number of hydrogen-bond acceptors (Lipinski definition) is 2. The minimum absolute atomic E-state index is 0.134. The first-order valence-corrected chi connectivity index (χ1v) is 8.51. The van der Waals surface area contributed by atoms with Gasteiger partial charge in [-0.1, -0.05) is 55.6 Å². The zero-order chi connectivity index (χ0) is 15.6. The highest BCUT2D eigenvalue weighted by atomic mass is 35.5. The molecular formula is C17H26Cl2N2. The quantitative estimate of drug-likeness (QED) is 0.869. The Bertz CT molecular complexity index is 488. The Hall–Kier alpha value is -0.280. The SMILES string of the molecule is CCC(C)C1CNC(C)(C)CN1Cc1cccc(Cl)c1Cl. The molecule has 2 rings (SSSR count). The predicted octanol–water partition coefficient (Wildman–Crippen LogP) is 4.59. The van der Waals surface area contributed by atoms with Gasteiger partial charge in [-0.2, -0.15) is 0 Å². The standard InChI is InChI=1S/C17H26Cl2N2/c1-5-12(2)15-9-20-17(3,4)11-21(15)10-13-7-6-8-14(18)16(13)19/h6-8,12,15,20H,5,9-11H2,1-4H3. The van der Waals surface area contributed by atoms with E-state index in [1.165, 1.54) is 6.42 Å². The lowest BCUT2D eigenvalue weighted by Gasteiger charge is -2.47. The molecule has 1 aliphatic rings. The number of rotatable bonds is 4. The van der Waals surface area contributed by atoms with Crippen LogP contribution in [0, 0.1) is 5.92 Å². The maximum Gasteiger partial charge on any atom is 0.0637 e. The molecule has 2 nitrogen and oxygen atoms in total. The van der Waals surface area contributed by atoms with Crippen LogP contribution >= 0.6 is 23.2 Å². The van der Waals surface area contributed by atoms with E-state index >= 15 is 0 Å². The van der Waals surface area contributed by atoms with Crippen LogP contribution in [0.2, 0.25) is 10.0 Å². The minimum atomic E-state index is 0.134. The van der Waals surface area contributed by atoms with Crippen LogP contribution in [-0.4, -0.2) is 29.6 Å². The lowest BCUT2D eigenvalue weighted by molar-refractivity contribution is 0.0571. The fourth-order valence-corrected chi connectivity index (χ4v) is 3.47. The predicted molar refractivity (Wildman–Crippen MR) is 92.2 cm³/mol. The van der Waals surface area contributed by atoms with E-state index in [4.69, 9.17) is 23.2 Å². The molecule has 0 saturated carbocycles. The van der Waals surface area contributed by atoms with Gasteiger partial charge in [-0.3, -0.25) is 4.90 Å². The van der Waals surface area contributed by atoms with E-state index in [-0.39, 0.29) is 5.54 Å². The molecule has 21 heavy (non-hydrogen) atoms. The van der Waals surface area contributed by atoms with Gasteiger partial charge in [-0.25, -0.2) is 0 Å². The van der Waals surface area contributed by atoms with Crippen molar-refractivity contribution < 1.29 is 0 Å². The van der Waals surface area contributed by atoms with Gasteiger partial charge in [0, 0.05) is 31.2 Å². The third kappa shape index (κ3) is 4.13. The minimum Gasteiger partial charge on any atom is -0.309 e. The van der Waals surface area contributed by atoms with Crippen LogP contribution in [0.5, 0.6) is 0 Å². The summed E-state index contributed by atoms with van der Waals surface area (Å²) in [6.07, 6.45) is 1.19. The van der Waals surface area contributed by atoms with E-state index in [0.29, 0.717) is 22.0 Å². The fraction of sp³-hybridized carbons (Fsp3) is 0.647. The molecule has 0 aliphatic carbocycles. The highest BCUT2D eigenvalue weighted by molar-refractivity contribution is 6.42. The van der Waals surface area contributed by atoms with E-state index in [1.54, 1.807) is 0 Å². The molecule has 4 heteroatoms. The Morgan fingerprint density at radius 3 is 2.76 bits per heavy atom. The fourth-order valence-electron chi connectivity index (χ4n) is 3.09. The molecule has 1 aromatic carbocycles. The molecule has 1 saturated heterocycles. The van der Waals surface area contributed by atoms with Crippen LogP contribution < -0.4 is 5.32 Å². The van der Waals surface area contributed by atoms with Crippen molar-refractivity contribution in [2.45, 2.75) is 52.2 Å². The van der Waals surface area contributed by atoms with Gasteiger partial charge in [0.2, 0.25) is 0 Å². The van der Waals surface area contributed by atoms with Gasteiger partial charge in [-0.15, -0.1) is 0 Å². The summed E-state index contributed by atoms with van der Waals surface area (Å²) in [4.78, 5) is 2.56. The van der Waals surface area contributed by atoms with Gasteiger partial charge in [-0.05, 0) is 31.4 Å². The number of nitrogens with one attached hydrogen (secondary N) is 1. The van der Waals surface area contributed by atoms with Gasteiger partial charge in [0.1, 0.15) is 0 Å². The number of nitrogens with zero attached hydrogens (tertiary/aromatic N) is 1. The van der Waals surface area contributed by atoms with Crippen LogP contribution in [0.4, 0.5) is 0 Å². The molecule has 0 aromatic heterocycles. The molecule has 1 N–H and O–H groups in total. The third-order valence-electron chi connectivity index (χ3n) is 4.56. The van der Waals surface area contributed by atoms with Crippen molar-refractivity contribution in [3.63, 3.8) is 0 Å². The first-order valence-electron chi connectivity index (χ1n) is 7.76. The first-order chi connectivity index (χ1) is 9.84. The van der Waals surface area contributed by atoms with Crippen molar-refractivity contribution >= 4 is 23.2 Å². The molecule has 2 unspecified atom stereocenters. The smallest absolute Gasteiger partial charge is 0.0637 e. The lowest BCUT2D eigenvalue weighted by atomic mass is 9.90. The second-order valence-corrected chi connectivity index (χ2v) is 7.62. The summed E-state index contributed by atoms with van der Waals surface area (Å²) in [5.41, 5.74) is 1.25. The molecule has 1 aliphatic heterocycles. The van der Waals surface area contributed by atoms with Crippen LogP contribution in [0.25, 0.3) is 0 Å². The van der Waals surface area contributed by atoms with Gasteiger partial charge in [0.25, 0.3) is 0 Å². The van der Waals surface area contributed by atoms with E-state index in [9.17, 15) is 0 Å². The Morgan fingerprint density at radius 1 is 1.38 bits per heavy atom. The third-order valence-corrected chi connectivity index (χ3v) is 5.42. The summed E-state index contributed by atoms with van der Waals surface area (Å²) in [6.45, 7) is 12.0. The highest BCUT2D eigenvalue weighted by Gasteiger charge is 2.34. The summed E-state index contributed by atoms with van der Waals surface area (Å²) in [5.74, 6) is 0.659. The first kappa shape index (κ1) is 17.1. The number of piperazine rings is 1. The van der Waals surface area contributed by atoms with Gasteiger partial charge in [0.05, 0.1) is 10.0 Å². The molecule has 2 atom stereocenters. The normalized spacial score (nSPS) is 24.0. The second kappa shape index (κ2) is 6.87. The van der Waals surface area contributed by atoms with Gasteiger partial charge >= 0.3 is 0 Å². The zero-order valence-corrected chi connectivity index (χ0v) is 14.9. The summed E-state index contributed by atoms with van der Waals surface area (Å²) in [7, 11) is 0. The Balaban J connectivity index is 2.21. The molecule has 0 radical (unpaired) electrons. The van der Waals surface area contributed by atoms with E-state index in [2.05, 4.69) is 44.0 Å². The molecular weight excluding hydrogens is 303 g/mol. The van der Waals surface area contributed by atoms with E-state index < -0.39 is 0 Å². The summed E-state index contributed by atoms with van der Waals surface area (Å²) >= 11 is 12.5. The Labute approximate surface area is 138 Å². The average Bonchev–Trinajstić information content (AvgIpc) is 2.42. The van der Waals surface area contributed by atoms with E-state index in [0.717, 1.165) is 25.2 Å². The van der Waals surface area contributed by atoms with Crippen LogP contribution in [0.15, 0.2) is 18.2 Å². The number of benzene rings is 1. The summed E-state index contributed by atoms with van der Waals surface area (Å²) in [5, 5.41) is 5.00. The lowest BCUT2D eigenvalue weighted by Crippen LogP contribution is -2.62. The molecule has 0 spiro atoms. The van der Waals surface area contributed by atoms with Crippen molar-refractivity contribution in [1.82, 2.24) is 10.2 Å². The van der Waals surface area contributed by atoms with Crippen molar-refractivity contribution in [1.29, 1.82) is 0 Å². The summed E-state index contributed by atoms with van der Waals surface area (Å²) < 4.78 is 0. The second-order valence-electron chi connectivity index (χ2n) is 6.84. The molecule has 0 bridgehead atoms. The Morgan fingerprint density at radius 2 is 2.10 bits per heavy atom. The summed E-state index contributed by atoms with van der Waals surface area (Å²) in [6, 6.07) is 6.45. The monoisotopic (exact) mass is 328 g/mol. The molecule has 1 aromatic rings. The van der Waals surface area contributed by atoms with Crippen LogP contribution in [-0.2, 0) is 6.54 Å². The molecule has 1 heterocycles. The number of halogens is 2. The number of hydrogen-bond donors (Lipinski definition) is 1. The zero-order valence-electron chi connectivity index (χ0n) is 13.4. The average molecular weight is 329 g/mol. The van der Waals surface area contributed by atoms with Crippen molar-refractivity contribution in [3.8, 4) is 0 Å². The highest BCUT2D eigenvalue weighted by Crippen LogP contribution is 2.29. The molecule has 118 valence electrons. The van der Waals surface area contributed by atoms with Gasteiger partial charge in [0.15, 0.2) is 0 Å². The van der Waals surface area contributed by atoms with Crippen molar-refractivity contribution in [3.05, 3.63) is 33.8 Å². The van der Waals surface area contributed by atoms with Crippen LogP contribution in [0.3, 0.4) is 0 Å². The largest absolute Gasteiger partial charge is 0.309 e.